The second-order valence-corrected chi connectivity index (χ2v) is 7.02. The number of anilines is 1. The Morgan fingerprint density at radius 2 is 2.23 bits per heavy atom. The lowest BCUT2D eigenvalue weighted by Gasteiger charge is -2.09. The molecule has 0 radical (unpaired) electrons. The standard InChI is InChI=1S/C16H18N6O2S2/c1-3-22-13(12-6-5-7-25-12)20-21-16(22)26-9-11-10(14(23)24-4-2)8-18-15(17)19-11/h5-8H,3-4,9H2,1-2H3,(H2,17,18,19). The second-order valence-electron chi connectivity index (χ2n) is 5.13. The number of thiophene rings is 1. The molecule has 0 aromatic carbocycles. The number of carbonyl (C=O) groups excluding carboxylic acids is 1. The van der Waals surface area contributed by atoms with Crippen LogP contribution in [-0.4, -0.2) is 37.3 Å². The first-order chi connectivity index (χ1) is 12.6. The fraction of sp³-hybridized carbons (Fsp3) is 0.312. The van der Waals surface area contributed by atoms with Gasteiger partial charge >= 0.3 is 5.97 Å². The van der Waals surface area contributed by atoms with Gasteiger partial charge in [-0.3, -0.25) is 0 Å². The molecule has 0 saturated carbocycles. The molecule has 0 spiro atoms. The predicted octanol–water partition coefficient (Wildman–Crippen LogP) is 2.87. The van der Waals surface area contributed by atoms with Crippen molar-refractivity contribution in [3.63, 3.8) is 0 Å². The minimum absolute atomic E-state index is 0.116. The molecule has 26 heavy (non-hydrogen) atoms. The summed E-state index contributed by atoms with van der Waals surface area (Å²) in [6.07, 6.45) is 1.40. The Labute approximate surface area is 158 Å². The number of hydrogen-bond donors (Lipinski definition) is 1. The van der Waals surface area contributed by atoms with Crippen LogP contribution in [0.15, 0.2) is 28.9 Å². The maximum Gasteiger partial charge on any atom is 0.341 e. The van der Waals surface area contributed by atoms with Crippen molar-refractivity contribution in [2.24, 2.45) is 0 Å². The van der Waals surface area contributed by atoms with E-state index in [1.54, 1.807) is 18.3 Å². The van der Waals surface area contributed by atoms with Gasteiger partial charge in [0.2, 0.25) is 5.95 Å². The van der Waals surface area contributed by atoms with Crippen LogP contribution in [0.2, 0.25) is 0 Å². The van der Waals surface area contributed by atoms with Crippen LogP contribution in [0.4, 0.5) is 5.95 Å². The van der Waals surface area contributed by atoms with E-state index in [9.17, 15) is 4.79 Å². The van der Waals surface area contributed by atoms with Crippen molar-refractivity contribution in [1.29, 1.82) is 0 Å². The van der Waals surface area contributed by atoms with E-state index in [1.165, 1.54) is 18.0 Å². The van der Waals surface area contributed by atoms with Crippen LogP contribution >= 0.6 is 23.1 Å². The topological polar surface area (TPSA) is 109 Å². The Balaban J connectivity index is 1.84. The van der Waals surface area contributed by atoms with Gasteiger partial charge < -0.3 is 15.0 Å². The largest absolute Gasteiger partial charge is 0.462 e. The molecule has 0 aliphatic heterocycles. The van der Waals surface area contributed by atoms with Gasteiger partial charge in [0.05, 0.1) is 17.2 Å². The number of rotatable bonds is 7. The van der Waals surface area contributed by atoms with Crippen molar-refractivity contribution in [2.75, 3.05) is 12.3 Å². The van der Waals surface area contributed by atoms with Crippen molar-refractivity contribution < 1.29 is 9.53 Å². The van der Waals surface area contributed by atoms with Crippen molar-refractivity contribution >= 4 is 35.0 Å². The summed E-state index contributed by atoms with van der Waals surface area (Å²) in [4.78, 5) is 21.2. The smallest absolute Gasteiger partial charge is 0.341 e. The fourth-order valence-electron chi connectivity index (χ4n) is 2.32. The van der Waals surface area contributed by atoms with E-state index in [1.807, 2.05) is 29.0 Å². The average Bonchev–Trinajstić information content (AvgIpc) is 3.29. The van der Waals surface area contributed by atoms with Gasteiger partial charge in [-0.25, -0.2) is 14.8 Å². The zero-order chi connectivity index (χ0) is 18.5. The number of ether oxygens (including phenoxy) is 1. The highest BCUT2D eigenvalue weighted by Crippen LogP contribution is 2.29. The summed E-state index contributed by atoms with van der Waals surface area (Å²) in [7, 11) is 0. The first kappa shape index (κ1) is 18.3. The number of aromatic nitrogens is 5. The third-order valence-electron chi connectivity index (χ3n) is 3.49. The van der Waals surface area contributed by atoms with Crippen LogP contribution in [0.1, 0.15) is 29.9 Å². The number of esters is 1. The maximum atomic E-state index is 12.1. The number of hydrogen-bond acceptors (Lipinski definition) is 9. The predicted molar refractivity (Wildman–Crippen MR) is 101 cm³/mol. The lowest BCUT2D eigenvalue weighted by atomic mass is 10.2. The summed E-state index contributed by atoms with van der Waals surface area (Å²) in [5.41, 5.74) is 6.51. The van der Waals surface area contributed by atoms with Crippen LogP contribution in [-0.2, 0) is 17.0 Å². The molecule has 3 aromatic rings. The van der Waals surface area contributed by atoms with E-state index in [2.05, 4.69) is 20.2 Å². The van der Waals surface area contributed by atoms with Gasteiger partial charge in [0, 0.05) is 18.5 Å². The van der Waals surface area contributed by atoms with Crippen LogP contribution in [0, 0.1) is 0 Å². The van der Waals surface area contributed by atoms with E-state index in [0.717, 1.165) is 22.4 Å². The molecule has 0 atom stereocenters. The molecule has 0 fully saturated rings. The monoisotopic (exact) mass is 390 g/mol. The normalized spacial score (nSPS) is 10.8. The van der Waals surface area contributed by atoms with Crippen LogP contribution in [0.25, 0.3) is 10.7 Å². The minimum Gasteiger partial charge on any atom is -0.462 e. The molecule has 3 rings (SSSR count). The van der Waals surface area contributed by atoms with Crippen LogP contribution < -0.4 is 5.73 Å². The summed E-state index contributed by atoms with van der Waals surface area (Å²) < 4.78 is 7.09. The van der Waals surface area contributed by atoms with Gasteiger partial charge in [-0.05, 0) is 25.3 Å². The van der Waals surface area contributed by atoms with Gasteiger partial charge in [-0.1, -0.05) is 17.8 Å². The summed E-state index contributed by atoms with van der Waals surface area (Å²) in [6.45, 7) is 4.81. The molecular formula is C16H18N6O2S2. The molecule has 0 aliphatic rings. The molecule has 2 N–H and O–H groups in total. The third-order valence-corrected chi connectivity index (χ3v) is 5.34. The lowest BCUT2D eigenvalue weighted by molar-refractivity contribution is 0.0524. The van der Waals surface area contributed by atoms with E-state index in [4.69, 9.17) is 10.5 Å². The zero-order valence-corrected chi connectivity index (χ0v) is 16.0. The molecule has 0 unspecified atom stereocenters. The van der Waals surface area contributed by atoms with E-state index in [0.29, 0.717) is 17.0 Å². The molecule has 8 nitrogen and oxygen atoms in total. The molecule has 0 amide bonds. The number of nitrogens with two attached hydrogens (primary N) is 1. The Morgan fingerprint density at radius 1 is 1.38 bits per heavy atom. The molecule has 0 bridgehead atoms. The molecule has 10 heteroatoms. The molecule has 0 aliphatic carbocycles. The van der Waals surface area contributed by atoms with E-state index < -0.39 is 5.97 Å². The molecule has 0 saturated heterocycles. The number of nitrogen functional groups attached to an aromatic ring is 1. The zero-order valence-electron chi connectivity index (χ0n) is 14.4. The van der Waals surface area contributed by atoms with Crippen LogP contribution in [0.3, 0.4) is 0 Å². The van der Waals surface area contributed by atoms with E-state index >= 15 is 0 Å². The Kier molecular flexibility index (Phi) is 5.84. The number of thioether (sulfide) groups is 1. The Morgan fingerprint density at radius 3 is 2.92 bits per heavy atom. The van der Waals surface area contributed by atoms with Gasteiger partial charge in [0.25, 0.3) is 0 Å². The fourth-order valence-corrected chi connectivity index (χ4v) is 4.00. The summed E-state index contributed by atoms with van der Waals surface area (Å²) in [5, 5.41) is 11.3. The number of carbonyl (C=O) groups is 1. The third kappa shape index (κ3) is 3.86. The highest BCUT2D eigenvalue weighted by Gasteiger charge is 2.18. The molecular weight excluding hydrogens is 372 g/mol. The molecule has 3 aromatic heterocycles. The van der Waals surface area contributed by atoms with Crippen molar-refractivity contribution in [2.45, 2.75) is 31.3 Å². The lowest BCUT2D eigenvalue weighted by Crippen LogP contribution is -2.12. The van der Waals surface area contributed by atoms with Crippen molar-refractivity contribution in [1.82, 2.24) is 24.7 Å². The average molecular weight is 390 g/mol. The Bertz CT molecular complexity index is 894. The Hall–Kier alpha value is -2.46. The van der Waals surface area contributed by atoms with Gasteiger partial charge in [-0.15, -0.1) is 21.5 Å². The second kappa shape index (κ2) is 8.28. The van der Waals surface area contributed by atoms with Crippen molar-refractivity contribution in [3.8, 4) is 10.7 Å². The molecule has 136 valence electrons. The SMILES string of the molecule is CCOC(=O)c1cnc(N)nc1CSc1nnc(-c2cccs2)n1CC. The van der Waals surface area contributed by atoms with Crippen molar-refractivity contribution in [3.05, 3.63) is 35.0 Å². The van der Waals surface area contributed by atoms with E-state index in [-0.39, 0.29) is 12.6 Å². The maximum absolute atomic E-state index is 12.1. The van der Waals surface area contributed by atoms with Gasteiger partial charge in [-0.2, -0.15) is 0 Å². The first-order valence-electron chi connectivity index (χ1n) is 8.02. The van der Waals surface area contributed by atoms with Gasteiger partial charge in [0.15, 0.2) is 11.0 Å². The highest BCUT2D eigenvalue weighted by molar-refractivity contribution is 7.98. The minimum atomic E-state index is -0.459. The van der Waals surface area contributed by atoms with Gasteiger partial charge in [0.1, 0.15) is 5.56 Å². The first-order valence-corrected chi connectivity index (χ1v) is 9.88. The molecule has 3 heterocycles. The summed E-state index contributed by atoms with van der Waals surface area (Å²) >= 11 is 3.06. The quantitative estimate of drug-likeness (QED) is 0.484. The number of nitrogens with zero attached hydrogens (tertiary/aromatic N) is 5. The highest BCUT2D eigenvalue weighted by atomic mass is 32.2. The summed E-state index contributed by atoms with van der Waals surface area (Å²) in [5.74, 6) is 0.894. The summed E-state index contributed by atoms with van der Waals surface area (Å²) in [6, 6.07) is 4.00. The van der Waals surface area contributed by atoms with Crippen LogP contribution in [0.5, 0.6) is 0 Å².